The van der Waals surface area contributed by atoms with Gasteiger partial charge in [-0.05, 0) is 18.2 Å². The number of benzene rings is 2. The molecule has 132 valence electrons. The Labute approximate surface area is 155 Å². The first kappa shape index (κ1) is 15.7. The third kappa shape index (κ3) is 1.84. The summed E-state index contributed by atoms with van der Waals surface area (Å²) in [5.41, 5.74) is 0.819. The van der Waals surface area contributed by atoms with E-state index in [9.17, 15) is 14.4 Å². The van der Waals surface area contributed by atoms with Crippen LogP contribution >= 0.6 is 0 Å². The topological polar surface area (TPSA) is 70.6 Å². The number of carbonyl (C=O) groups excluding carboxylic acids is 3. The number of hydrogen-bond acceptors (Lipinski definition) is 4. The molecule has 3 amide bonds. The van der Waals surface area contributed by atoms with E-state index < -0.39 is 11.4 Å². The number of carbonyl (C=O) groups is 3. The number of hydrogen-bond donors (Lipinski definition) is 0. The molecule has 1 fully saturated rings. The lowest BCUT2D eigenvalue weighted by Crippen LogP contribution is -2.49. The molecule has 6 heteroatoms. The van der Waals surface area contributed by atoms with Gasteiger partial charge in [0.2, 0.25) is 5.91 Å². The normalized spacial score (nSPS) is 21.6. The summed E-state index contributed by atoms with van der Waals surface area (Å²) < 4.78 is 0. The second kappa shape index (κ2) is 5.23. The molecule has 1 saturated heterocycles. The zero-order valence-electron chi connectivity index (χ0n) is 14.5. The first-order chi connectivity index (χ1) is 13.1. The van der Waals surface area contributed by atoms with Gasteiger partial charge in [-0.1, -0.05) is 36.4 Å². The van der Waals surface area contributed by atoms with Crippen molar-refractivity contribution < 1.29 is 14.4 Å². The molecule has 1 aromatic heterocycles. The van der Waals surface area contributed by atoms with Crippen molar-refractivity contribution in [2.45, 2.75) is 12.0 Å². The molecule has 0 unspecified atom stereocenters. The maximum absolute atomic E-state index is 13.4. The van der Waals surface area contributed by atoms with E-state index in [1.807, 2.05) is 24.3 Å². The Kier molecular flexibility index (Phi) is 3.04. The van der Waals surface area contributed by atoms with Gasteiger partial charge in [-0.2, -0.15) is 0 Å². The van der Waals surface area contributed by atoms with Gasteiger partial charge in [-0.25, -0.2) is 0 Å². The van der Waals surface area contributed by atoms with Crippen molar-refractivity contribution in [3.63, 3.8) is 0 Å². The van der Waals surface area contributed by atoms with Crippen molar-refractivity contribution in [2.75, 3.05) is 11.9 Å². The summed E-state index contributed by atoms with van der Waals surface area (Å²) in [7, 11) is 1.46. The second-order valence-electron chi connectivity index (χ2n) is 6.83. The van der Waals surface area contributed by atoms with Crippen LogP contribution < -0.4 is 4.90 Å². The van der Waals surface area contributed by atoms with Gasteiger partial charge in [0.1, 0.15) is 0 Å². The smallest absolute Gasteiger partial charge is 0.260 e. The average Bonchev–Trinajstić information content (AvgIpc) is 3.08. The van der Waals surface area contributed by atoms with Crippen LogP contribution in [0.2, 0.25) is 0 Å². The van der Waals surface area contributed by atoms with E-state index in [1.165, 1.54) is 11.9 Å². The predicted octanol–water partition coefficient (Wildman–Crippen LogP) is 2.48. The van der Waals surface area contributed by atoms with Gasteiger partial charge in [0.25, 0.3) is 11.8 Å². The highest BCUT2D eigenvalue weighted by Gasteiger charge is 2.62. The van der Waals surface area contributed by atoms with Crippen LogP contribution in [0.1, 0.15) is 22.3 Å². The van der Waals surface area contributed by atoms with Crippen molar-refractivity contribution in [1.82, 2.24) is 9.88 Å². The lowest BCUT2D eigenvalue weighted by molar-refractivity contribution is -0.138. The van der Waals surface area contributed by atoms with Crippen molar-refractivity contribution in [3.05, 3.63) is 71.9 Å². The minimum absolute atomic E-state index is 0.0751. The van der Waals surface area contributed by atoms with Gasteiger partial charge >= 0.3 is 0 Å². The maximum atomic E-state index is 13.4. The molecule has 6 nitrogen and oxygen atoms in total. The lowest BCUT2D eigenvalue weighted by Gasteiger charge is -2.33. The number of likely N-dealkylation sites (N-methyl/N-ethyl adjacent to an activating group) is 1. The molecular formula is C21H15N3O3. The number of anilines is 1. The quantitative estimate of drug-likeness (QED) is 0.628. The third-order valence-corrected chi connectivity index (χ3v) is 5.48. The number of imide groups is 1. The third-order valence-electron chi connectivity index (χ3n) is 5.48. The molecule has 3 heterocycles. The molecular weight excluding hydrogens is 342 g/mol. The second-order valence-corrected chi connectivity index (χ2v) is 6.83. The summed E-state index contributed by atoms with van der Waals surface area (Å²) in [5, 5.41) is 0.860. The van der Waals surface area contributed by atoms with E-state index >= 15 is 0 Å². The fourth-order valence-electron chi connectivity index (χ4n) is 4.22. The molecule has 2 aromatic carbocycles. The summed E-state index contributed by atoms with van der Waals surface area (Å²) in [6.07, 6.45) is 1.58. The van der Waals surface area contributed by atoms with E-state index in [4.69, 9.17) is 0 Å². The van der Waals surface area contributed by atoms with E-state index in [-0.39, 0.29) is 18.2 Å². The van der Waals surface area contributed by atoms with Crippen LogP contribution in [0.15, 0.2) is 60.8 Å². The molecule has 0 N–H and O–H groups in total. The molecule has 2 aliphatic heterocycles. The van der Waals surface area contributed by atoms with Gasteiger partial charge in [-0.15, -0.1) is 0 Å². The molecule has 0 aliphatic carbocycles. The Balaban J connectivity index is 1.85. The molecule has 1 spiro atoms. The Bertz CT molecular complexity index is 1150. The van der Waals surface area contributed by atoms with Crippen molar-refractivity contribution in [1.29, 1.82) is 0 Å². The monoisotopic (exact) mass is 357 g/mol. The number of rotatable bonds is 1. The number of likely N-dealkylation sites (tertiary alicyclic amines) is 1. The van der Waals surface area contributed by atoms with Crippen LogP contribution in [0, 0.1) is 0 Å². The van der Waals surface area contributed by atoms with Gasteiger partial charge in [0.05, 0.1) is 17.6 Å². The van der Waals surface area contributed by atoms with Crippen LogP contribution in [0.25, 0.3) is 10.9 Å². The summed E-state index contributed by atoms with van der Waals surface area (Å²) in [4.78, 5) is 46.1. The molecule has 0 bridgehead atoms. The summed E-state index contributed by atoms with van der Waals surface area (Å²) >= 11 is 0. The molecule has 0 radical (unpaired) electrons. The Morgan fingerprint density at radius 1 is 0.963 bits per heavy atom. The average molecular weight is 357 g/mol. The van der Waals surface area contributed by atoms with Crippen LogP contribution in [-0.4, -0.2) is 34.7 Å². The van der Waals surface area contributed by atoms with Gasteiger partial charge in [0, 0.05) is 29.8 Å². The zero-order chi connectivity index (χ0) is 18.8. The number of nitrogens with zero attached hydrogens (tertiary/aromatic N) is 3. The molecule has 5 rings (SSSR count). The Morgan fingerprint density at radius 3 is 2.52 bits per heavy atom. The van der Waals surface area contributed by atoms with Crippen molar-refractivity contribution in [2.24, 2.45) is 0 Å². The van der Waals surface area contributed by atoms with Crippen LogP contribution in [-0.2, 0) is 15.1 Å². The minimum atomic E-state index is -1.36. The van der Waals surface area contributed by atoms with Gasteiger partial charge < -0.3 is 0 Å². The number of aromatic nitrogens is 1. The zero-order valence-corrected chi connectivity index (χ0v) is 14.5. The van der Waals surface area contributed by atoms with Crippen molar-refractivity contribution in [3.8, 4) is 0 Å². The van der Waals surface area contributed by atoms with Crippen LogP contribution in [0.5, 0.6) is 0 Å². The number of fused-ring (bicyclic) bond motifs is 3. The largest absolute Gasteiger partial charge is 0.286 e. The predicted molar refractivity (Wildman–Crippen MR) is 99.1 cm³/mol. The van der Waals surface area contributed by atoms with E-state index in [0.29, 0.717) is 22.3 Å². The lowest BCUT2D eigenvalue weighted by atomic mass is 9.87. The summed E-state index contributed by atoms with van der Waals surface area (Å²) in [6, 6.07) is 16.2. The van der Waals surface area contributed by atoms with Crippen LogP contribution in [0.4, 0.5) is 5.69 Å². The van der Waals surface area contributed by atoms with Gasteiger partial charge in [-0.3, -0.25) is 29.2 Å². The number of amides is 3. The fraction of sp³-hybridized carbons (Fsp3) is 0.143. The first-order valence-corrected chi connectivity index (χ1v) is 8.64. The van der Waals surface area contributed by atoms with Crippen LogP contribution in [0.3, 0.4) is 0 Å². The number of para-hydroxylation sites is 1. The maximum Gasteiger partial charge on any atom is 0.260 e. The van der Waals surface area contributed by atoms with Gasteiger partial charge in [0.15, 0.2) is 5.54 Å². The molecule has 1 atom stereocenters. The van der Waals surface area contributed by atoms with E-state index in [2.05, 4.69) is 4.98 Å². The standard InChI is InChI=1S/C21H15N3O3/c1-23-17(25)12-21(20(23)27)15-9-3-2-8-14(15)19(26)24(21)16-10-4-6-13-7-5-11-22-18(13)16/h2-11H,12H2,1H3/t21-/m1/s1. The SMILES string of the molecule is CN1C(=O)C[C@]2(C1=O)c1ccccc1C(=O)N2c1cccc2cccnc12. The highest BCUT2D eigenvalue weighted by atomic mass is 16.2. The van der Waals surface area contributed by atoms with E-state index in [0.717, 1.165) is 10.3 Å². The van der Waals surface area contributed by atoms with E-state index in [1.54, 1.807) is 36.5 Å². The molecule has 3 aromatic rings. The highest BCUT2D eigenvalue weighted by Crippen LogP contribution is 2.49. The Morgan fingerprint density at radius 2 is 1.74 bits per heavy atom. The highest BCUT2D eigenvalue weighted by molar-refractivity contribution is 6.24. The first-order valence-electron chi connectivity index (χ1n) is 8.64. The summed E-state index contributed by atoms with van der Waals surface area (Å²) in [5.74, 6) is -0.985. The number of pyridine rings is 1. The summed E-state index contributed by atoms with van der Waals surface area (Å²) in [6.45, 7) is 0. The molecule has 27 heavy (non-hydrogen) atoms. The Hall–Kier alpha value is -3.54. The van der Waals surface area contributed by atoms with Crippen molar-refractivity contribution >= 4 is 34.3 Å². The fourth-order valence-corrected chi connectivity index (χ4v) is 4.22. The molecule has 0 saturated carbocycles. The minimum Gasteiger partial charge on any atom is -0.286 e. The molecule has 2 aliphatic rings.